The number of ether oxygens (including phenoxy) is 1. The van der Waals surface area contributed by atoms with E-state index >= 15 is 0 Å². The van der Waals surface area contributed by atoms with Crippen LogP contribution in [-0.2, 0) is 30.7 Å². The third-order valence-electron chi connectivity index (χ3n) is 5.35. The van der Waals surface area contributed by atoms with Gasteiger partial charge in [-0.2, -0.15) is 0 Å². The second kappa shape index (κ2) is 6.89. The number of methoxy groups -OCH3 is 1. The predicted molar refractivity (Wildman–Crippen MR) is 97.5 cm³/mol. The highest BCUT2D eigenvalue weighted by molar-refractivity contribution is 5.78. The van der Waals surface area contributed by atoms with Crippen molar-refractivity contribution in [3.63, 3.8) is 0 Å². The number of fused-ring (bicyclic) bond motifs is 2. The molecule has 0 spiro atoms. The lowest BCUT2D eigenvalue weighted by Crippen LogP contribution is -2.44. The standard InChI is InChI=1S/C21H24N2O2/c1-25-20-7-6-17-8-10-22(13-19(17)12-20)15-21(24)23-11-9-16-4-2-3-5-18(16)14-23/h2-7,12H,8-11,13-15H2,1H3. The summed E-state index contributed by atoms with van der Waals surface area (Å²) in [5, 5.41) is 0. The zero-order valence-corrected chi connectivity index (χ0v) is 14.7. The fraction of sp³-hybridized carbons (Fsp3) is 0.381. The van der Waals surface area contributed by atoms with Crippen LogP contribution in [0.25, 0.3) is 0 Å². The van der Waals surface area contributed by atoms with Crippen LogP contribution in [0.4, 0.5) is 0 Å². The van der Waals surface area contributed by atoms with Crippen LogP contribution in [0.5, 0.6) is 5.75 Å². The maximum absolute atomic E-state index is 12.8. The van der Waals surface area contributed by atoms with Crippen molar-refractivity contribution in [3.8, 4) is 5.75 Å². The Hall–Kier alpha value is -2.33. The van der Waals surface area contributed by atoms with E-state index in [9.17, 15) is 4.79 Å². The summed E-state index contributed by atoms with van der Waals surface area (Å²) in [7, 11) is 1.69. The Bertz CT molecular complexity index is 787. The van der Waals surface area contributed by atoms with E-state index in [1.165, 1.54) is 22.3 Å². The van der Waals surface area contributed by atoms with Crippen LogP contribution in [0.3, 0.4) is 0 Å². The van der Waals surface area contributed by atoms with Gasteiger partial charge in [-0.25, -0.2) is 0 Å². The van der Waals surface area contributed by atoms with Gasteiger partial charge in [-0.3, -0.25) is 9.69 Å². The normalized spacial score (nSPS) is 16.9. The number of nitrogens with zero attached hydrogens (tertiary/aromatic N) is 2. The molecule has 0 fully saturated rings. The van der Waals surface area contributed by atoms with Crippen molar-refractivity contribution in [1.82, 2.24) is 9.80 Å². The first kappa shape index (κ1) is 16.2. The molecular weight excluding hydrogens is 312 g/mol. The Labute approximate surface area is 149 Å². The summed E-state index contributed by atoms with van der Waals surface area (Å²) in [5.74, 6) is 1.13. The van der Waals surface area contributed by atoms with Crippen LogP contribution in [0.2, 0.25) is 0 Å². The third kappa shape index (κ3) is 3.40. The van der Waals surface area contributed by atoms with Crippen LogP contribution >= 0.6 is 0 Å². The summed E-state index contributed by atoms with van der Waals surface area (Å²) in [6.45, 7) is 3.83. The molecule has 0 aromatic heterocycles. The molecule has 4 heteroatoms. The molecule has 130 valence electrons. The van der Waals surface area contributed by atoms with Crippen molar-refractivity contribution in [2.24, 2.45) is 0 Å². The predicted octanol–water partition coefficient (Wildman–Crippen LogP) is 2.64. The number of hydrogen-bond acceptors (Lipinski definition) is 3. The van der Waals surface area contributed by atoms with Crippen molar-refractivity contribution in [2.75, 3.05) is 26.7 Å². The van der Waals surface area contributed by atoms with E-state index in [1.807, 2.05) is 11.0 Å². The number of benzene rings is 2. The maximum Gasteiger partial charge on any atom is 0.237 e. The maximum atomic E-state index is 12.8. The average molecular weight is 336 g/mol. The number of hydrogen-bond donors (Lipinski definition) is 0. The first-order valence-corrected chi connectivity index (χ1v) is 8.95. The zero-order chi connectivity index (χ0) is 17.2. The SMILES string of the molecule is COc1ccc2c(c1)CN(CC(=O)N1CCc3ccccc3C1)CC2. The second-order valence-corrected chi connectivity index (χ2v) is 6.93. The van der Waals surface area contributed by atoms with Crippen molar-refractivity contribution in [2.45, 2.75) is 25.9 Å². The van der Waals surface area contributed by atoms with Gasteiger partial charge in [0.05, 0.1) is 13.7 Å². The number of amides is 1. The van der Waals surface area contributed by atoms with Gasteiger partial charge in [0.1, 0.15) is 5.75 Å². The fourth-order valence-corrected chi connectivity index (χ4v) is 3.85. The molecule has 0 atom stereocenters. The van der Waals surface area contributed by atoms with Crippen molar-refractivity contribution in [3.05, 3.63) is 64.7 Å². The van der Waals surface area contributed by atoms with Crippen molar-refractivity contribution >= 4 is 5.91 Å². The molecule has 4 nitrogen and oxygen atoms in total. The molecule has 0 radical (unpaired) electrons. The van der Waals surface area contributed by atoms with Gasteiger partial charge in [0.15, 0.2) is 0 Å². The Morgan fingerprint density at radius 2 is 1.72 bits per heavy atom. The van der Waals surface area contributed by atoms with Gasteiger partial charge in [-0.1, -0.05) is 30.3 Å². The molecule has 0 saturated carbocycles. The van der Waals surface area contributed by atoms with E-state index < -0.39 is 0 Å². The first-order valence-electron chi connectivity index (χ1n) is 8.95. The monoisotopic (exact) mass is 336 g/mol. The van der Waals surface area contributed by atoms with Crippen LogP contribution in [0.1, 0.15) is 22.3 Å². The lowest BCUT2D eigenvalue weighted by molar-refractivity contribution is -0.133. The zero-order valence-electron chi connectivity index (χ0n) is 14.7. The van der Waals surface area contributed by atoms with Crippen LogP contribution < -0.4 is 4.74 Å². The highest BCUT2D eigenvalue weighted by Crippen LogP contribution is 2.24. The second-order valence-electron chi connectivity index (χ2n) is 6.93. The van der Waals surface area contributed by atoms with Gasteiger partial charge in [0.25, 0.3) is 0 Å². The van der Waals surface area contributed by atoms with Crippen molar-refractivity contribution in [1.29, 1.82) is 0 Å². The van der Waals surface area contributed by atoms with E-state index in [2.05, 4.69) is 41.3 Å². The molecule has 1 amide bonds. The van der Waals surface area contributed by atoms with E-state index in [0.29, 0.717) is 6.54 Å². The van der Waals surface area contributed by atoms with E-state index in [-0.39, 0.29) is 5.91 Å². The largest absolute Gasteiger partial charge is 0.497 e. The van der Waals surface area contributed by atoms with Gasteiger partial charge in [0.2, 0.25) is 5.91 Å². The molecule has 0 aliphatic carbocycles. The molecule has 2 heterocycles. The smallest absolute Gasteiger partial charge is 0.237 e. The lowest BCUT2D eigenvalue weighted by atomic mass is 9.98. The summed E-state index contributed by atoms with van der Waals surface area (Å²) < 4.78 is 5.33. The Morgan fingerprint density at radius 3 is 2.56 bits per heavy atom. The molecule has 4 rings (SSSR count). The number of carbonyl (C=O) groups excluding carboxylic acids is 1. The summed E-state index contributed by atoms with van der Waals surface area (Å²) >= 11 is 0. The number of carbonyl (C=O) groups is 1. The van der Waals surface area contributed by atoms with Gasteiger partial charge >= 0.3 is 0 Å². The van der Waals surface area contributed by atoms with E-state index in [0.717, 1.165) is 44.8 Å². The Morgan fingerprint density at radius 1 is 0.960 bits per heavy atom. The molecule has 0 bridgehead atoms. The molecule has 2 aromatic carbocycles. The van der Waals surface area contributed by atoms with Crippen LogP contribution in [0, 0.1) is 0 Å². The summed E-state index contributed by atoms with van der Waals surface area (Å²) in [4.78, 5) is 17.0. The Balaban J connectivity index is 1.40. The summed E-state index contributed by atoms with van der Waals surface area (Å²) in [6, 6.07) is 14.7. The topological polar surface area (TPSA) is 32.8 Å². The van der Waals surface area contributed by atoms with E-state index in [4.69, 9.17) is 4.74 Å². The molecule has 25 heavy (non-hydrogen) atoms. The highest BCUT2D eigenvalue weighted by atomic mass is 16.5. The van der Waals surface area contributed by atoms with Gasteiger partial charge < -0.3 is 9.64 Å². The number of rotatable bonds is 3. The average Bonchev–Trinajstić information content (AvgIpc) is 2.67. The lowest BCUT2D eigenvalue weighted by Gasteiger charge is -2.33. The fourth-order valence-electron chi connectivity index (χ4n) is 3.85. The first-order chi connectivity index (χ1) is 12.2. The summed E-state index contributed by atoms with van der Waals surface area (Å²) in [6.07, 6.45) is 1.96. The molecule has 2 aliphatic heterocycles. The van der Waals surface area contributed by atoms with E-state index in [1.54, 1.807) is 7.11 Å². The van der Waals surface area contributed by atoms with Gasteiger partial charge in [-0.15, -0.1) is 0 Å². The third-order valence-corrected chi connectivity index (χ3v) is 5.35. The molecular formula is C21H24N2O2. The van der Waals surface area contributed by atoms with Crippen LogP contribution in [0.15, 0.2) is 42.5 Å². The van der Waals surface area contributed by atoms with Crippen molar-refractivity contribution < 1.29 is 9.53 Å². The Kier molecular flexibility index (Phi) is 4.45. The van der Waals surface area contributed by atoms with Crippen LogP contribution in [-0.4, -0.2) is 42.5 Å². The molecule has 0 unspecified atom stereocenters. The van der Waals surface area contributed by atoms with Gasteiger partial charge in [-0.05, 0) is 47.2 Å². The molecule has 2 aromatic rings. The minimum absolute atomic E-state index is 0.237. The van der Waals surface area contributed by atoms with Gasteiger partial charge in [0, 0.05) is 26.2 Å². The summed E-state index contributed by atoms with van der Waals surface area (Å²) in [5.41, 5.74) is 5.32. The highest BCUT2D eigenvalue weighted by Gasteiger charge is 2.24. The molecule has 0 saturated heterocycles. The quantitative estimate of drug-likeness (QED) is 0.864. The molecule has 2 aliphatic rings. The minimum atomic E-state index is 0.237. The minimum Gasteiger partial charge on any atom is -0.497 e. The molecule has 0 N–H and O–H groups in total.